The molecule has 1 aromatic carbocycles. The van der Waals surface area contributed by atoms with Crippen LogP contribution in [-0.4, -0.2) is 63.8 Å². The Hall–Kier alpha value is -3.45. The number of piperidine rings is 1. The minimum atomic E-state index is -0.854. The molecule has 52 heavy (non-hydrogen) atoms. The monoisotopic (exact) mass is 713 g/mol. The molecule has 282 valence electrons. The van der Waals surface area contributed by atoms with Crippen LogP contribution in [0, 0.1) is 29.6 Å². The lowest BCUT2D eigenvalue weighted by atomic mass is 9.66. The number of nitrogens with one attached hydrogen (secondary N) is 1. The van der Waals surface area contributed by atoms with Gasteiger partial charge in [0, 0.05) is 37.4 Å². The number of nitrogens with zero attached hydrogens (tertiary/aromatic N) is 1. The van der Waals surface area contributed by atoms with Gasteiger partial charge in [-0.1, -0.05) is 43.9 Å². The van der Waals surface area contributed by atoms with Crippen LogP contribution in [-0.2, 0) is 21.4 Å². The molecule has 6 rings (SSSR count). The topological polar surface area (TPSA) is 155 Å². The number of anilines is 1. The fraction of sp³-hybridized carbons (Fsp3) is 0.651. The SMILES string of the molecule is COc1cc2c(cc1O)C(CCC(O)CC1(c3ccnc(N)c3)CCCCC1)C#CC(C(O)CCCCC1CNC3CC(=O)CCC3C1)C(=O)CC2. The molecule has 2 aromatic rings. The minimum absolute atomic E-state index is 0.0212. The Morgan fingerprint density at radius 2 is 1.87 bits per heavy atom. The normalized spacial score (nSPS) is 27.1. The number of hydrogen-bond donors (Lipinski definition) is 5. The van der Waals surface area contributed by atoms with Crippen LogP contribution in [0.3, 0.4) is 0 Å². The number of aryl methyl sites for hydroxylation is 1. The lowest BCUT2D eigenvalue weighted by Gasteiger charge is -2.39. The highest BCUT2D eigenvalue weighted by Gasteiger charge is 2.37. The van der Waals surface area contributed by atoms with Crippen LogP contribution in [0.5, 0.6) is 11.5 Å². The number of ketones is 2. The van der Waals surface area contributed by atoms with Gasteiger partial charge in [0.15, 0.2) is 17.3 Å². The Kier molecular flexibility index (Phi) is 12.9. The summed E-state index contributed by atoms with van der Waals surface area (Å²) in [4.78, 5) is 29.7. The highest BCUT2D eigenvalue weighted by molar-refractivity contribution is 5.85. The summed E-state index contributed by atoms with van der Waals surface area (Å²) in [6, 6.07) is 7.85. The van der Waals surface area contributed by atoms with Crippen LogP contribution in [0.2, 0.25) is 0 Å². The minimum Gasteiger partial charge on any atom is -0.504 e. The second-order valence-electron chi connectivity index (χ2n) is 16.3. The number of rotatable bonds is 13. The Labute approximate surface area is 309 Å². The van der Waals surface area contributed by atoms with E-state index in [9.17, 15) is 24.9 Å². The van der Waals surface area contributed by atoms with Crippen LogP contribution in [0.4, 0.5) is 5.82 Å². The van der Waals surface area contributed by atoms with E-state index in [0.29, 0.717) is 80.2 Å². The maximum Gasteiger partial charge on any atom is 0.160 e. The molecule has 2 saturated carbocycles. The summed E-state index contributed by atoms with van der Waals surface area (Å²) in [5, 5.41) is 37.4. The third kappa shape index (κ3) is 9.37. The number of methoxy groups -OCH3 is 1. The summed E-state index contributed by atoms with van der Waals surface area (Å²) >= 11 is 0. The molecule has 1 aromatic heterocycles. The molecule has 2 heterocycles. The molecule has 9 heteroatoms. The highest BCUT2D eigenvalue weighted by Crippen LogP contribution is 2.44. The molecule has 4 aliphatic rings. The number of carbonyl (C=O) groups is 2. The van der Waals surface area contributed by atoms with E-state index in [0.717, 1.165) is 81.0 Å². The van der Waals surface area contributed by atoms with Crippen molar-refractivity contribution in [1.29, 1.82) is 0 Å². The third-order valence-electron chi connectivity index (χ3n) is 12.7. The number of aliphatic hydroxyl groups is 2. The van der Waals surface area contributed by atoms with Gasteiger partial charge in [-0.3, -0.25) is 9.59 Å². The number of benzene rings is 1. The maximum atomic E-state index is 13.6. The first kappa shape index (κ1) is 38.3. The number of nitrogens with two attached hydrogens (primary N) is 1. The number of ether oxygens (including phenoxy) is 1. The van der Waals surface area contributed by atoms with Gasteiger partial charge in [0.05, 0.1) is 19.3 Å². The maximum absolute atomic E-state index is 13.6. The molecule has 0 amide bonds. The zero-order valence-electron chi connectivity index (χ0n) is 31.0. The van der Waals surface area contributed by atoms with Gasteiger partial charge in [-0.15, -0.1) is 0 Å². The molecule has 7 unspecified atom stereocenters. The summed E-state index contributed by atoms with van der Waals surface area (Å²) in [6.45, 7) is 0.944. The smallest absolute Gasteiger partial charge is 0.160 e. The summed E-state index contributed by atoms with van der Waals surface area (Å²) in [7, 11) is 1.51. The van der Waals surface area contributed by atoms with Crippen molar-refractivity contribution >= 4 is 17.4 Å². The molecule has 0 spiro atoms. The summed E-state index contributed by atoms with van der Waals surface area (Å²) in [5.41, 5.74) is 8.82. The van der Waals surface area contributed by atoms with E-state index in [4.69, 9.17) is 10.5 Å². The van der Waals surface area contributed by atoms with E-state index in [1.165, 1.54) is 13.5 Å². The zero-order chi connectivity index (χ0) is 36.7. The first-order valence-corrected chi connectivity index (χ1v) is 19.9. The summed E-state index contributed by atoms with van der Waals surface area (Å²) in [6.07, 6.45) is 15.0. The number of aromatic nitrogens is 1. The lowest BCUT2D eigenvalue weighted by Crippen LogP contribution is -2.48. The van der Waals surface area contributed by atoms with E-state index < -0.39 is 18.1 Å². The Bertz CT molecular complexity index is 1610. The second-order valence-corrected chi connectivity index (χ2v) is 16.3. The number of aliphatic hydroxyl groups excluding tert-OH is 2. The van der Waals surface area contributed by atoms with Crippen LogP contribution < -0.4 is 15.8 Å². The number of nitrogen functional groups attached to an aromatic ring is 1. The van der Waals surface area contributed by atoms with Crippen molar-refractivity contribution in [2.75, 3.05) is 19.4 Å². The molecular formula is C43H59N3O6. The number of unbranched alkanes of at least 4 members (excludes halogenated alkanes) is 1. The average molecular weight is 714 g/mol. The second kappa shape index (κ2) is 17.6. The van der Waals surface area contributed by atoms with Gasteiger partial charge in [0.25, 0.3) is 0 Å². The van der Waals surface area contributed by atoms with Gasteiger partial charge < -0.3 is 31.1 Å². The molecule has 0 bridgehead atoms. The number of phenolic OH excluding ortho intramolecular Hbond substituents is 1. The predicted octanol–water partition coefficient (Wildman–Crippen LogP) is 6.30. The largest absolute Gasteiger partial charge is 0.504 e. The molecule has 1 saturated heterocycles. The van der Waals surface area contributed by atoms with E-state index in [1.54, 1.807) is 18.3 Å². The number of aromatic hydroxyl groups is 1. The third-order valence-corrected chi connectivity index (χ3v) is 12.7. The molecular weight excluding hydrogens is 654 g/mol. The van der Waals surface area contributed by atoms with Gasteiger partial charge in [0.2, 0.25) is 0 Å². The summed E-state index contributed by atoms with van der Waals surface area (Å²) in [5.74, 6) is 7.82. The molecule has 0 radical (unpaired) electrons. The Balaban J connectivity index is 1.12. The van der Waals surface area contributed by atoms with Crippen LogP contribution in [0.25, 0.3) is 0 Å². The van der Waals surface area contributed by atoms with Gasteiger partial charge >= 0.3 is 0 Å². The number of pyridine rings is 1. The summed E-state index contributed by atoms with van der Waals surface area (Å²) < 4.78 is 5.43. The van der Waals surface area contributed by atoms with E-state index >= 15 is 0 Å². The quantitative estimate of drug-likeness (QED) is 0.119. The van der Waals surface area contributed by atoms with Crippen LogP contribution in [0.1, 0.15) is 132 Å². The van der Waals surface area contributed by atoms with Crippen molar-refractivity contribution in [3.05, 3.63) is 47.2 Å². The molecule has 3 aliphatic carbocycles. The van der Waals surface area contributed by atoms with Gasteiger partial charge in [-0.25, -0.2) is 4.98 Å². The Morgan fingerprint density at radius 1 is 1.04 bits per heavy atom. The lowest BCUT2D eigenvalue weighted by molar-refractivity contribution is -0.124. The zero-order valence-corrected chi connectivity index (χ0v) is 31.0. The first-order chi connectivity index (χ1) is 25.1. The predicted molar refractivity (Wildman–Crippen MR) is 202 cm³/mol. The highest BCUT2D eigenvalue weighted by atomic mass is 16.5. The fourth-order valence-electron chi connectivity index (χ4n) is 9.75. The van der Waals surface area contributed by atoms with Crippen molar-refractivity contribution < 1.29 is 29.6 Å². The van der Waals surface area contributed by atoms with Gasteiger partial charge in [-0.2, -0.15) is 0 Å². The number of fused-ring (bicyclic) bond motifs is 2. The van der Waals surface area contributed by atoms with Gasteiger partial charge in [-0.05, 0) is 129 Å². The van der Waals surface area contributed by atoms with Crippen molar-refractivity contribution in [2.24, 2.45) is 17.8 Å². The Morgan fingerprint density at radius 3 is 2.65 bits per heavy atom. The first-order valence-electron chi connectivity index (χ1n) is 19.9. The molecule has 6 N–H and O–H groups in total. The average Bonchev–Trinajstić information content (AvgIpc) is 3.20. The van der Waals surface area contributed by atoms with Crippen LogP contribution in [0.15, 0.2) is 30.5 Å². The fourth-order valence-corrected chi connectivity index (χ4v) is 9.75. The van der Waals surface area contributed by atoms with Gasteiger partial charge in [0.1, 0.15) is 17.5 Å². The van der Waals surface area contributed by atoms with Crippen molar-refractivity contribution in [1.82, 2.24) is 10.3 Å². The number of carbonyl (C=O) groups excluding carboxylic acids is 2. The van der Waals surface area contributed by atoms with E-state index in [-0.39, 0.29) is 29.3 Å². The van der Waals surface area contributed by atoms with E-state index in [1.807, 2.05) is 12.1 Å². The van der Waals surface area contributed by atoms with Crippen molar-refractivity contribution in [2.45, 2.75) is 145 Å². The van der Waals surface area contributed by atoms with Crippen molar-refractivity contribution in [3.63, 3.8) is 0 Å². The molecule has 7 atom stereocenters. The number of phenols is 1. The van der Waals surface area contributed by atoms with Crippen LogP contribution >= 0.6 is 0 Å². The standard InChI is InChI=1S/C43H59N3O6/c1-52-41-22-30-12-16-39(50)35(38(49)8-4-3-7-28-21-31-10-13-33(47)24-37(31)46-27-28)15-11-29(36(30)25-40(41)51)9-14-34(48)26-43(18-5-2-6-19-43)32-17-20-45-42(44)23-32/h17,20,22-23,25,28-29,31,34-35,37-38,46,48-49,51H,2-10,12-14,16,18-19,21,24,26-27H2,1H3,(H2,44,45). The molecule has 3 fully saturated rings. The van der Waals surface area contributed by atoms with Crippen molar-refractivity contribution in [3.8, 4) is 23.3 Å². The van der Waals surface area contributed by atoms with E-state index in [2.05, 4.69) is 22.1 Å². The number of hydrogen-bond acceptors (Lipinski definition) is 9. The molecule has 9 nitrogen and oxygen atoms in total. The molecule has 1 aliphatic heterocycles. The number of Topliss-reactive ketones (excluding diaryl/α,β-unsaturated/α-hetero) is 2.